The van der Waals surface area contributed by atoms with E-state index in [0.717, 1.165) is 5.75 Å². The normalized spacial score (nSPS) is 12.0. The third-order valence-corrected chi connectivity index (χ3v) is 3.61. The van der Waals surface area contributed by atoms with Crippen LogP contribution in [0.1, 0.15) is 17.5 Å². The summed E-state index contributed by atoms with van der Waals surface area (Å²) in [6, 6.07) is 2.49. The maximum absolute atomic E-state index is 11.9. The van der Waals surface area contributed by atoms with Crippen LogP contribution >= 0.6 is 11.8 Å². The summed E-state index contributed by atoms with van der Waals surface area (Å²) in [6.45, 7) is 3.36. The molecule has 1 amide bonds. The van der Waals surface area contributed by atoms with Gasteiger partial charge in [-0.1, -0.05) is 0 Å². The molecule has 0 aliphatic heterocycles. The van der Waals surface area contributed by atoms with Gasteiger partial charge in [-0.15, -0.1) is 0 Å². The van der Waals surface area contributed by atoms with Gasteiger partial charge in [0.1, 0.15) is 0 Å². The van der Waals surface area contributed by atoms with E-state index in [4.69, 9.17) is 5.73 Å². The first-order valence-corrected chi connectivity index (χ1v) is 7.57. The molecular formula is C13H19N3O3S. The van der Waals surface area contributed by atoms with Crippen molar-refractivity contribution in [3.05, 3.63) is 33.4 Å². The molecule has 0 saturated carbocycles. The van der Waals surface area contributed by atoms with Crippen molar-refractivity contribution in [2.75, 3.05) is 17.3 Å². The number of thioether (sulfide) groups is 1. The molecule has 0 aliphatic carbocycles. The summed E-state index contributed by atoms with van der Waals surface area (Å²) < 4.78 is 0. The highest BCUT2D eigenvalue weighted by atomic mass is 32.2. The number of rotatable bonds is 6. The van der Waals surface area contributed by atoms with E-state index in [1.807, 2.05) is 6.26 Å². The van der Waals surface area contributed by atoms with E-state index in [9.17, 15) is 14.9 Å². The van der Waals surface area contributed by atoms with Crippen LogP contribution < -0.4 is 11.1 Å². The second-order valence-corrected chi connectivity index (χ2v) is 5.57. The number of nitrogens with two attached hydrogens (primary N) is 1. The predicted molar refractivity (Wildman–Crippen MR) is 82.2 cm³/mol. The van der Waals surface area contributed by atoms with Crippen molar-refractivity contribution in [3.63, 3.8) is 0 Å². The third kappa shape index (κ3) is 4.21. The lowest BCUT2D eigenvalue weighted by atomic mass is 10.1. The molecule has 0 heterocycles. The van der Waals surface area contributed by atoms with Crippen LogP contribution in [0.2, 0.25) is 0 Å². The van der Waals surface area contributed by atoms with Gasteiger partial charge in [0, 0.05) is 17.3 Å². The Labute approximate surface area is 122 Å². The van der Waals surface area contributed by atoms with E-state index in [0.29, 0.717) is 23.2 Å². The maximum atomic E-state index is 11.9. The Morgan fingerprint density at radius 3 is 2.65 bits per heavy atom. The van der Waals surface area contributed by atoms with E-state index >= 15 is 0 Å². The van der Waals surface area contributed by atoms with Crippen LogP contribution in [0.3, 0.4) is 0 Å². The number of amides is 1. The Balaban J connectivity index is 2.85. The van der Waals surface area contributed by atoms with Crippen LogP contribution in [0, 0.1) is 24.0 Å². The van der Waals surface area contributed by atoms with Crippen LogP contribution in [0.4, 0.5) is 11.4 Å². The highest BCUT2D eigenvalue weighted by Crippen LogP contribution is 2.26. The summed E-state index contributed by atoms with van der Waals surface area (Å²) >= 11 is 1.63. The summed E-state index contributed by atoms with van der Waals surface area (Å²) in [5, 5.41) is 13.6. The zero-order chi connectivity index (χ0) is 15.3. The molecule has 1 atom stereocenters. The summed E-state index contributed by atoms with van der Waals surface area (Å²) in [6.07, 6.45) is 2.55. The molecule has 0 spiro atoms. The van der Waals surface area contributed by atoms with Gasteiger partial charge in [-0.3, -0.25) is 14.9 Å². The van der Waals surface area contributed by atoms with Gasteiger partial charge in [0.15, 0.2) is 0 Å². The minimum absolute atomic E-state index is 0.0483. The Hall–Kier alpha value is -1.60. The average Bonchev–Trinajstić information content (AvgIpc) is 2.39. The van der Waals surface area contributed by atoms with Crippen molar-refractivity contribution in [2.24, 2.45) is 5.73 Å². The first-order valence-electron chi connectivity index (χ1n) is 6.17. The molecule has 0 aliphatic rings. The van der Waals surface area contributed by atoms with Gasteiger partial charge in [-0.2, -0.15) is 11.8 Å². The monoisotopic (exact) mass is 297 g/mol. The van der Waals surface area contributed by atoms with Crippen molar-refractivity contribution >= 4 is 29.0 Å². The Kier molecular flexibility index (Phi) is 5.97. The molecule has 7 heteroatoms. The zero-order valence-electron chi connectivity index (χ0n) is 11.8. The summed E-state index contributed by atoms with van der Waals surface area (Å²) in [4.78, 5) is 22.3. The number of carbonyl (C=O) groups excluding carboxylic acids is 1. The zero-order valence-corrected chi connectivity index (χ0v) is 12.6. The van der Waals surface area contributed by atoms with Crippen LogP contribution in [0.25, 0.3) is 0 Å². The fourth-order valence-corrected chi connectivity index (χ4v) is 2.22. The van der Waals surface area contributed by atoms with Crippen molar-refractivity contribution in [2.45, 2.75) is 26.3 Å². The van der Waals surface area contributed by atoms with Gasteiger partial charge < -0.3 is 11.1 Å². The Morgan fingerprint density at radius 2 is 2.10 bits per heavy atom. The minimum atomic E-state index is -0.572. The SMILES string of the molecule is CSCC[C@@H](N)C(=O)Nc1cc(C)c([N+](=O)[O-])cc1C. The van der Waals surface area contributed by atoms with Crippen molar-refractivity contribution in [3.8, 4) is 0 Å². The largest absolute Gasteiger partial charge is 0.324 e. The predicted octanol–water partition coefficient (Wildman–Crippen LogP) is 2.23. The number of nitro groups is 1. The summed E-state index contributed by atoms with van der Waals surface area (Å²) in [5.41, 5.74) is 7.55. The molecule has 3 N–H and O–H groups in total. The molecule has 0 unspecified atom stereocenters. The standard InChI is InChI=1S/C13H19N3O3S/c1-8-7-12(16(18)19)9(2)6-11(8)15-13(17)10(14)4-5-20-3/h6-7,10H,4-5,14H2,1-3H3,(H,15,17)/t10-/m1/s1. The number of nitrogens with zero attached hydrogens (tertiary/aromatic N) is 1. The van der Waals surface area contributed by atoms with Crippen molar-refractivity contribution in [1.29, 1.82) is 0 Å². The lowest BCUT2D eigenvalue weighted by Crippen LogP contribution is -2.36. The number of nitro benzene ring substituents is 1. The minimum Gasteiger partial charge on any atom is -0.324 e. The molecular weight excluding hydrogens is 278 g/mol. The fraction of sp³-hybridized carbons (Fsp3) is 0.462. The van der Waals surface area contributed by atoms with E-state index in [-0.39, 0.29) is 11.6 Å². The molecule has 1 aromatic carbocycles. The topological polar surface area (TPSA) is 98.3 Å². The lowest BCUT2D eigenvalue weighted by molar-refractivity contribution is -0.385. The van der Waals surface area contributed by atoms with E-state index in [2.05, 4.69) is 5.32 Å². The molecule has 6 nitrogen and oxygen atoms in total. The van der Waals surface area contributed by atoms with Gasteiger partial charge in [0.25, 0.3) is 5.69 Å². The van der Waals surface area contributed by atoms with Crippen molar-refractivity contribution in [1.82, 2.24) is 0 Å². The van der Waals surface area contributed by atoms with E-state index in [1.165, 1.54) is 6.07 Å². The van der Waals surface area contributed by atoms with E-state index < -0.39 is 11.0 Å². The number of hydrogen-bond acceptors (Lipinski definition) is 5. The summed E-state index contributed by atoms with van der Waals surface area (Å²) in [7, 11) is 0. The fourth-order valence-electron chi connectivity index (χ4n) is 1.73. The maximum Gasteiger partial charge on any atom is 0.272 e. The number of benzene rings is 1. The number of carbonyl (C=O) groups is 1. The van der Waals surface area contributed by atoms with Crippen LogP contribution in [-0.2, 0) is 4.79 Å². The molecule has 1 rings (SSSR count). The van der Waals surface area contributed by atoms with Gasteiger partial charge in [0.05, 0.1) is 11.0 Å². The van der Waals surface area contributed by atoms with Crippen LogP contribution in [-0.4, -0.2) is 28.9 Å². The molecule has 1 aromatic rings. The Bertz CT molecular complexity index is 520. The molecule has 0 aromatic heterocycles. The first-order chi connectivity index (χ1) is 9.36. The lowest BCUT2D eigenvalue weighted by Gasteiger charge is -2.14. The number of nitrogens with one attached hydrogen (secondary N) is 1. The Morgan fingerprint density at radius 1 is 1.45 bits per heavy atom. The highest BCUT2D eigenvalue weighted by molar-refractivity contribution is 7.98. The molecule has 0 saturated heterocycles. The molecule has 20 heavy (non-hydrogen) atoms. The van der Waals surface area contributed by atoms with Crippen LogP contribution in [0.5, 0.6) is 0 Å². The van der Waals surface area contributed by atoms with Gasteiger partial charge in [0.2, 0.25) is 5.91 Å². The van der Waals surface area contributed by atoms with Gasteiger partial charge >= 0.3 is 0 Å². The molecule has 110 valence electrons. The molecule has 0 fully saturated rings. The number of aryl methyl sites for hydroxylation is 2. The smallest absolute Gasteiger partial charge is 0.272 e. The van der Waals surface area contributed by atoms with Crippen LogP contribution in [0.15, 0.2) is 12.1 Å². The van der Waals surface area contributed by atoms with E-state index in [1.54, 1.807) is 31.7 Å². The first kappa shape index (κ1) is 16.5. The third-order valence-electron chi connectivity index (χ3n) is 2.97. The van der Waals surface area contributed by atoms with Gasteiger partial charge in [-0.05, 0) is 43.9 Å². The molecule has 0 radical (unpaired) electrons. The van der Waals surface area contributed by atoms with Gasteiger partial charge in [-0.25, -0.2) is 0 Å². The average molecular weight is 297 g/mol. The number of anilines is 1. The second kappa shape index (κ2) is 7.25. The highest BCUT2D eigenvalue weighted by Gasteiger charge is 2.17. The quantitative estimate of drug-likeness (QED) is 0.619. The second-order valence-electron chi connectivity index (χ2n) is 4.59. The van der Waals surface area contributed by atoms with Crippen molar-refractivity contribution < 1.29 is 9.72 Å². The molecule has 0 bridgehead atoms. The number of hydrogen-bond donors (Lipinski definition) is 2. The summed E-state index contributed by atoms with van der Waals surface area (Å²) in [5.74, 6) is 0.544.